The van der Waals surface area contributed by atoms with E-state index in [4.69, 9.17) is 0 Å². The molecule has 1 aliphatic heterocycles. The standard InChI is InChI=1S/C18H30N2/c1-6-14(3)18-12-20(8-7-19-18)11-17-15(4)9-13(2)10-16(17)5/h9-10,14,18-19H,6-8,11-12H2,1-5H3. The lowest BCUT2D eigenvalue weighted by atomic mass is 9.95. The van der Waals surface area contributed by atoms with Crippen molar-refractivity contribution in [2.75, 3.05) is 19.6 Å². The van der Waals surface area contributed by atoms with Crippen LogP contribution in [0.4, 0.5) is 0 Å². The van der Waals surface area contributed by atoms with Gasteiger partial charge in [-0.2, -0.15) is 0 Å². The highest BCUT2D eigenvalue weighted by molar-refractivity contribution is 5.37. The highest BCUT2D eigenvalue weighted by Gasteiger charge is 2.23. The van der Waals surface area contributed by atoms with Crippen molar-refractivity contribution in [2.24, 2.45) is 5.92 Å². The van der Waals surface area contributed by atoms with Gasteiger partial charge in [0.2, 0.25) is 0 Å². The lowest BCUT2D eigenvalue weighted by Gasteiger charge is -2.37. The fraction of sp³-hybridized carbons (Fsp3) is 0.667. The zero-order valence-electron chi connectivity index (χ0n) is 13.8. The number of aryl methyl sites for hydroxylation is 3. The van der Waals surface area contributed by atoms with Crippen molar-refractivity contribution in [1.82, 2.24) is 10.2 Å². The topological polar surface area (TPSA) is 15.3 Å². The zero-order valence-corrected chi connectivity index (χ0v) is 13.8. The summed E-state index contributed by atoms with van der Waals surface area (Å²) >= 11 is 0. The lowest BCUT2D eigenvalue weighted by Crippen LogP contribution is -2.52. The molecule has 1 heterocycles. The molecule has 20 heavy (non-hydrogen) atoms. The van der Waals surface area contributed by atoms with E-state index in [1.165, 1.54) is 41.8 Å². The van der Waals surface area contributed by atoms with Crippen molar-refractivity contribution in [3.8, 4) is 0 Å². The molecule has 2 rings (SSSR count). The third-order valence-electron chi connectivity index (χ3n) is 4.84. The smallest absolute Gasteiger partial charge is 0.0240 e. The molecule has 1 N–H and O–H groups in total. The van der Waals surface area contributed by atoms with E-state index in [1.807, 2.05) is 0 Å². The summed E-state index contributed by atoms with van der Waals surface area (Å²) in [5, 5.41) is 3.68. The minimum atomic E-state index is 0.653. The van der Waals surface area contributed by atoms with E-state index in [-0.39, 0.29) is 0 Å². The number of benzene rings is 1. The Morgan fingerprint density at radius 1 is 1.25 bits per heavy atom. The molecular formula is C18H30N2. The summed E-state index contributed by atoms with van der Waals surface area (Å²) in [5.74, 6) is 0.762. The first-order valence-electron chi connectivity index (χ1n) is 8.03. The van der Waals surface area contributed by atoms with Crippen LogP contribution in [-0.2, 0) is 6.54 Å². The molecule has 0 aliphatic carbocycles. The molecule has 0 aromatic heterocycles. The van der Waals surface area contributed by atoms with E-state index < -0.39 is 0 Å². The van der Waals surface area contributed by atoms with Gasteiger partial charge in [-0.15, -0.1) is 0 Å². The van der Waals surface area contributed by atoms with Gasteiger partial charge < -0.3 is 5.32 Å². The fourth-order valence-electron chi connectivity index (χ4n) is 3.33. The molecular weight excluding hydrogens is 244 g/mol. The highest BCUT2D eigenvalue weighted by Crippen LogP contribution is 2.20. The Morgan fingerprint density at radius 2 is 1.90 bits per heavy atom. The largest absolute Gasteiger partial charge is 0.311 e. The van der Waals surface area contributed by atoms with E-state index in [0.717, 1.165) is 19.0 Å². The minimum absolute atomic E-state index is 0.653. The number of nitrogens with one attached hydrogen (secondary N) is 1. The number of hydrogen-bond acceptors (Lipinski definition) is 2. The lowest BCUT2D eigenvalue weighted by molar-refractivity contribution is 0.162. The zero-order chi connectivity index (χ0) is 14.7. The molecule has 0 bridgehead atoms. The van der Waals surface area contributed by atoms with Crippen LogP contribution in [0.3, 0.4) is 0 Å². The second-order valence-electron chi connectivity index (χ2n) is 6.56. The molecule has 0 saturated carbocycles. The van der Waals surface area contributed by atoms with Gasteiger partial charge in [0.25, 0.3) is 0 Å². The van der Waals surface area contributed by atoms with Crippen molar-refractivity contribution in [1.29, 1.82) is 0 Å². The van der Waals surface area contributed by atoms with Crippen molar-refractivity contribution in [2.45, 2.75) is 53.6 Å². The van der Waals surface area contributed by atoms with Crippen LogP contribution in [0, 0.1) is 26.7 Å². The summed E-state index contributed by atoms with van der Waals surface area (Å²) < 4.78 is 0. The van der Waals surface area contributed by atoms with E-state index in [1.54, 1.807) is 0 Å². The summed E-state index contributed by atoms with van der Waals surface area (Å²) in [4.78, 5) is 2.62. The van der Waals surface area contributed by atoms with Crippen LogP contribution in [-0.4, -0.2) is 30.6 Å². The number of piperazine rings is 1. The molecule has 1 aromatic carbocycles. The summed E-state index contributed by atoms with van der Waals surface area (Å²) in [7, 11) is 0. The van der Waals surface area contributed by atoms with Crippen LogP contribution < -0.4 is 5.32 Å². The molecule has 2 heteroatoms. The minimum Gasteiger partial charge on any atom is -0.311 e. The van der Waals surface area contributed by atoms with Gasteiger partial charge in [-0.1, -0.05) is 38.0 Å². The predicted octanol–water partition coefficient (Wildman–Crippen LogP) is 3.43. The van der Waals surface area contributed by atoms with Gasteiger partial charge in [0.15, 0.2) is 0 Å². The SMILES string of the molecule is CCC(C)C1CN(Cc2c(C)cc(C)cc2C)CCN1. The van der Waals surface area contributed by atoms with E-state index >= 15 is 0 Å². The molecule has 1 aromatic rings. The molecule has 1 fully saturated rings. The first kappa shape index (κ1) is 15.5. The van der Waals surface area contributed by atoms with E-state index in [9.17, 15) is 0 Å². The van der Waals surface area contributed by atoms with Crippen molar-refractivity contribution < 1.29 is 0 Å². The third-order valence-corrected chi connectivity index (χ3v) is 4.84. The summed E-state index contributed by atoms with van der Waals surface area (Å²) in [6, 6.07) is 5.28. The molecule has 2 nitrogen and oxygen atoms in total. The van der Waals surface area contributed by atoms with Gasteiger partial charge in [-0.3, -0.25) is 4.90 Å². The van der Waals surface area contributed by atoms with Gasteiger partial charge in [0, 0.05) is 32.2 Å². The predicted molar refractivity (Wildman–Crippen MR) is 87.2 cm³/mol. The van der Waals surface area contributed by atoms with E-state index in [2.05, 4.69) is 57.0 Å². The van der Waals surface area contributed by atoms with Gasteiger partial charge in [-0.05, 0) is 43.4 Å². The monoisotopic (exact) mass is 274 g/mol. The Labute approximate surface area is 124 Å². The molecule has 1 saturated heterocycles. The molecule has 2 unspecified atom stereocenters. The average molecular weight is 274 g/mol. The molecule has 0 radical (unpaired) electrons. The normalized spacial score (nSPS) is 21.9. The van der Waals surface area contributed by atoms with Gasteiger partial charge in [0.1, 0.15) is 0 Å². The summed E-state index contributed by atoms with van der Waals surface area (Å²) in [6.45, 7) is 15.9. The Kier molecular flexibility index (Phi) is 5.22. The Balaban J connectivity index is 2.06. The van der Waals surface area contributed by atoms with Crippen molar-refractivity contribution in [3.05, 3.63) is 34.4 Å². The number of rotatable bonds is 4. The maximum absolute atomic E-state index is 3.68. The van der Waals surface area contributed by atoms with Gasteiger partial charge >= 0.3 is 0 Å². The molecule has 1 aliphatic rings. The Bertz CT molecular complexity index is 430. The van der Waals surface area contributed by atoms with E-state index in [0.29, 0.717) is 6.04 Å². The van der Waals surface area contributed by atoms with Crippen LogP contribution in [0.1, 0.15) is 42.5 Å². The maximum Gasteiger partial charge on any atom is 0.0240 e. The quantitative estimate of drug-likeness (QED) is 0.905. The Hall–Kier alpha value is -0.860. The molecule has 112 valence electrons. The highest BCUT2D eigenvalue weighted by atomic mass is 15.2. The number of nitrogens with zero attached hydrogens (tertiary/aromatic N) is 1. The van der Waals surface area contributed by atoms with Crippen molar-refractivity contribution >= 4 is 0 Å². The second-order valence-corrected chi connectivity index (χ2v) is 6.56. The first-order valence-corrected chi connectivity index (χ1v) is 8.03. The average Bonchev–Trinajstić information content (AvgIpc) is 2.42. The van der Waals surface area contributed by atoms with Crippen LogP contribution in [0.25, 0.3) is 0 Å². The van der Waals surface area contributed by atoms with Crippen LogP contribution in [0.2, 0.25) is 0 Å². The molecule has 2 atom stereocenters. The fourth-order valence-corrected chi connectivity index (χ4v) is 3.33. The first-order chi connectivity index (χ1) is 9.51. The summed E-state index contributed by atoms with van der Waals surface area (Å²) in [6.07, 6.45) is 1.26. The van der Waals surface area contributed by atoms with Gasteiger partial charge in [0.05, 0.1) is 0 Å². The second kappa shape index (κ2) is 6.73. The van der Waals surface area contributed by atoms with Crippen molar-refractivity contribution in [3.63, 3.8) is 0 Å². The van der Waals surface area contributed by atoms with Gasteiger partial charge in [-0.25, -0.2) is 0 Å². The summed E-state index contributed by atoms with van der Waals surface area (Å²) in [5.41, 5.74) is 5.80. The number of hydrogen-bond donors (Lipinski definition) is 1. The maximum atomic E-state index is 3.68. The van der Waals surface area contributed by atoms with Crippen LogP contribution >= 0.6 is 0 Å². The van der Waals surface area contributed by atoms with Crippen LogP contribution in [0.15, 0.2) is 12.1 Å². The third kappa shape index (κ3) is 3.62. The van der Waals surface area contributed by atoms with Crippen LogP contribution in [0.5, 0.6) is 0 Å². The molecule has 0 spiro atoms. The molecule has 0 amide bonds. The Morgan fingerprint density at radius 3 is 2.50 bits per heavy atom.